The molecule has 0 aromatic heterocycles. The van der Waals surface area contributed by atoms with Gasteiger partial charge in [0.05, 0.1) is 19.8 Å². The van der Waals surface area contributed by atoms with Gasteiger partial charge in [0.25, 0.3) is 0 Å². The van der Waals surface area contributed by atoms with Crippen molar-refractivity contribution in [2.24, 2.45) is 0 Å². The van der Waals surface area contributed by atoms with E-state index in [0.717, 1.165) is 112 Å². The summed E-state index contributed by atoms with van der Waals surface area (Å²) in [7, 11) is 0. The number of carbonyl (C=O) groups is 2. The minimum atomic E-state index is -0.515. The first-order valence-electron chi connectivity index (χ1n) is 33.1. The molecule has 10 aromatic rings. The van der Waals surface area contributed by atoms with Crippen LogP contribution in [0.2, 0.25) is 10.0 Å². The van der Waals surface area contributed by atoms with E-state index in [1.54, 1.807) is 4.90 Å². The third-order valence-electron chi connectivity index (χ3n) is 16.3. The van der Waals surface area contributed by atoms with Crippen molar-refractivity contribution in [3.05, 3.63) is 292 Å². The van der Waals surface area contributed by atoms with Gasteiger partial charge in [-0.05, 0) is 197 Å². The lowest BCUT2D eigenvalue weighted by molar-refractivity contribution is 0.146. The van der Waals surface area contributed by atoms with E-state index in [2.05, 4.69) is 85.2 Å². The lowest BCUT2D eigenvalue weighted by Gasteiger charge is -2.31. The largest absolute Gasteiger partial charge is 0.494 e. The van der Waals surface area contributed by atoms with Crippen LogP contribution >= 0.6 is 43.0 Å². The van der Waals surface area contributed by atoms with Crippen molar-refractivity contribution >= 4 is 90.5 Å². The maximum absolute atomic E-state index is 13.7. The molecule has 0 aliphatic carbocycles. The third-order valence-corrected chi connectivity index (χ3v) is 16.7. The molecule has 0 spiro atoms. The average molecular weight is 1430 g/mol. The van der Waals surface area contributed by atoms with Gasteiger partial charge in [0.1, 0.15) is 58.8 Å². The number of carbonyl (C=O) groups excluding carboxylic acids is 2. The standard InChI is InChI=1S/C34H32ClNO4.C27H27NO4.C24H22ClNO.2H3P/c1-4-38-30-15-13-24(14-16-30)23-39-33(37)36(22-25-9-8-12-28(35)19-25)29-20-27-17-18-34(2,3)40-32(27)31(21-29)26-10-6-5-7-11-26;1-4-30-23-12-10-19(11-13-23)18-31-26(29)28-22-16-21-14-15-27(2,3)32-25(21)24(17-22)20-8-6-5-7-9-20;1-24(2)12-11-19-14-21(26-16-17-7-6-10-20(25)13-17)15-22(23(19)27-24)18-8-4-3-5-9-18;;/h5-21H,4,22-23H2,1-3H3;5-17H,4,18H2,1-3H3,(H,28,29);3-15,26H,16H2,1-2H3;2*1H3. The molecule has 2 atom stereocenters. The number of halogens is 2. The second-order valence-electron chi connectivity index (χ2n) is 25.6. The van der Waals surface area contributed by atoms with Gasteiger partial charge in [-0.1, -0.05) is 181 Å². The van der Waals surface area contributed by atoms with Crippen LogP contribution in [0.1, 0.15) is 94.3 Å². The first-order valence-corrected chi connectivity index (χ1v) is 33.9. The average Bonchev–Trinajstić information content (AvgIpc) is 0.784. The van der Waals surface area contributed by atoms with Gasteiger partial charge in [-0.3, -0.25) is 10.2 Å². The fourth-order valence-electron chi connectivity index (χ4n) is 11.4. The zero-order chi connectivity index (χ0) is 69.5. The molecule has 2 amide bonds. The number of fused-ring (bicyclic) bond motifs is 3. The second kappa shape index (κ2) is 34.5. The Balaban J connectivity index is 0.000000178. The van der Waals surface area contributed by atoms with Gasteiger partial charge < -0.3 is 38.5 Å². The topological polar surface area (TPSA) is 126 Å². The lowest BCUT2D eigenvalue weighted by Crippen LogP contribution is -2.32. The molecule has 3 heterocycles. The smallest absolute Gasteiger partial charge is 0.414 e. The molecule has 10 aromatic carbocycles. The number of benzene rings is 10. The van der Waals surface area contributed by atoms with Crippen LogP contribution in [0.4, 0.5) is 26.7 Å². The molecule has 2 unspecified atom stereocenters. The Kier molecular flexibility index (Phi) is 25.8. The molecule has 16 heteroatoms. The van der Waals surface area contributed by atoms with Crippen LogP contribution in [0.25, 0.3) is 51.6 Å². The summed E-state index contributed by atoms with van der Waals surface area (Å²) < 4.78 is 41.2. The van der Waals surface area contributed by atoms with E-state index in [1.807, 2.05) is 242 Å². The first-order chi connectivity index (χ1) is 47.7. The van der Waals surface area contributed by atoms with Crippen LogP contribution in [0.15, 0.2) is 243 Å². The van der Waals surface area contributed by atoms with E-state index in [0.29, 0.717) is 36.2 Å². The summed E-state index contributed by atoms with van der Waals surface area (Å²) in [5, 5.41) is 7.73. The molecule has 13 rings (SSSR count). The van der Waals surface area contributed by atoms with Crippen molar-refractivity contribution in [1.82, 2.24) is 0 Å². The molecule has 12 nitrogen and oxygen atoms in total. The highest BCUT2D eigenvalue weighted by Crippen LogP contribution is 2.46. The van der Waals surface area contributed by atoms with Gasteiger partial charge in [-0.2, -0.15) is 19.8 Å². The van der Waals surface area contributed by atoms with E-state index < -0.39 is 23.4 Å². The first kappa shape index (κ1) is 75.4. The predicted octanol–water partition coefficient (Wildman–Crippen LogP) is 22.5. The Labute approximate surface area is 610 Å². The van der Waals surface area contributed by atoms with Crippen LogP contribution in [0.5, 0.6) is 28.7 Å². The molecule has 0 radical (unpaired) electrons. The predicted molar refractivity (Wildman–Crippen MR) is 425 cm³/mol. The highest BCUT2D eigenvalue weighted by Gasteiger charge is 2.30. The third kappa shape index (κ3) is 20.7. The normalized spacial score (nSPS) is 13.4. The molecule has 0 saturated heterocycles. The Bertz CT molecular complexity index is 4550. The van der Waals surface area contributed by atoms with Crippen LogP contribution in [-0.2, 0) is 35.8 Å². The summed E-state index contributed by atoms with van der Waals surface area (Å²) >= 11 is 12.4. The van der Waals surface area contributed by atoms with Gasteiger partial charge in [0.2, 0.25) is 0 Å². The number of nitrogens with one attached hydrogen (secondary N) is 2. The fourth-order valence-corrected chi connectivity index (χ4v) is 11.8. The lowest BCUT2D eigenvalue weighted by atomic mass is 9.95. The molecular weight excluding hydrogens is 1340 g/mol. The summed E-state index contributed by atoms with van der Waals surface area (Å²) in [6.07, 6.45) is 11.4. The molecule has 520 valence electrons. The van der Waals surface area contributed by atoms with Crippen LogP contribution < -0.4 is 39.2 Å². The van der Waals surface area contributed by atoms with E-state index in [4.69, 9.17) is 56.4 Å². The fraction of sp³-hybridized carbons (Fsp3) is 0.200. The molecule has 0 fully saturated rings. The highest BCUT2D eigenvalue weighted by molar-refractivity contribution is 6.92. The Morgan fingerprint density at radius 3 is 1.30 bits per heavy atom. The van der Waals surface area contributed by atoms with Gasteiger partial charge in [-0.15, -0.1) is 0 Å². The molecule has 3 aliphatic heterocycles. The van der Waals surface area contributed by atoms with E-state index in [9.17, 15) is 9.59 Å². The second-order valence-corrected chi connectivity index (χ2v) is 26.5. The number of hydrogen-bond donors (Lipinski definition) is 2. The summed E-state index contributed by atoms with van der Waals surface area (Å²) in [6, 6.07) is 72.9. The minimum Gasteiger partial charge on any atom is -0.494 e. The van der Waals surface area contributed by atoms with Crippen molar-refractivity contribution in [3.8, 4) is 62.1 Å². The maximum atomic E-state index is 13.7. The summed E-state index contributed by atoms with van der Waals surface area (Å²) in [5.74, 6) is 4.09. The molecule has 2 N–H and O–H groups in total. The van der Waals surface area contributed by atoms with Crippen molar-refractivity contribution in [3.63, 3.8) is 0 Å². The molecule has 0 bridgehead atoms. The number of nitrogens with zero attached hydrogens (tertiary/aromatic N) is 1. The van der Waals surface area contributed by atoms with Gasteiger partial charge in [0, 0.05) is 67.0 Å². The number of hydrogen-bond acceptors (Lipinski definition) is 10. The Hall–Kier alpha value is -9.80. The highest BCUT2D eigenvalue weighted by atomic mass is 35.5. The summed E-state index contributed by atoms with van der Waals surface area (Å²) in [4.78, 5) is 27.8. The van der Waals surface area contributed by atoms with Gasteiger partial charge in [0.15, 0.2) is 0 Å². The van der Waals surface area contributed by atoms with E-state index >= 15 is 0 Å². The molecular formula is C85H87Cl2N3O9P2. The van der Waals surface area contributed by atoms with Crippen molar-refractivity contribution in [2.45, 2.75) is 98.5 Å². The Morgan fingerprint density at radius 1 is 0.436 bits per heavy atom. The molecule has 0 saturated carbocycles. The van der Waals surface area contributed by atoms with Crippen LogP contribution in [0.3, 0.4) is 0 Å². The molecule has 3 aliphatic rings. The van der Waals surface area contributed by atoms with Crippen molar-refractivity contribution in [2.75, 3.05) is 28.7 Å². The SMILES string of the molecule is CC1(C)C=Cc2cc(NCc3cccc(Cl)c3)cc(-c3ccccc3)c2O1.CCOc1ccc(COC(=O)N(Cc2cccc(Cl)c2)c2cc3c(c(-c4ccccc4)c2)OC(C)(C)C=C3)cc1.CCOc1ccc(COC(=O)Nc2cc3c(c(-c4ccccc4)c2)OC(C)(C)C=C3)cc1.P.P. The quantitative estimate of drug-likeness (QED) is 0.0802. The van der Waals surface area contributed by atoms with E-state index in [1.165, 1.54) is 0 Å². The zero-order valence-electron chi connectivity index (χ0n) is 58.4. The maximum Gasteiger partial charge on any atom is 0.414 e. The number of rotatable bonds is 18. The number of anilines is 3. The Morgan fingerprint density at radius 2 is 0.842 bits per heavy atom. The minimum absolute atomic E-state index is 0. The van der Waals surface area contributed by atoms with Gasteiger partial charge in [-0.25, -0.2) is 9.59 Å². The summed E-state index contributed by atoms with van der Waals surface area (Å²) in [5.41, 5.74) is 14.0. The summed E-state index contributed by atoms with van der Waals surface area (Å²) in [6.45, 7) is 18.6. The van der Waals surface area contributed by atoms with Crippen molar-refractivity contribution in [1.29, 1.82) is 0 Å². The van der Waals surface area contributed by atoms with Gasteiger partial charge >= 0.3 is 12.2 Å². The van der Waals surface area contributed by atoms with Crippen molar-refractivity contribution < 1.29 is 42.7 Å². The number of amides is 2. The molecule has 101 heavy (non-hydrogen) atoms. The number of ether oxygens (including phenoxy) is 7. The van der Waals surface area contributed by atoms with Crippen LogP contribution in [0, 0.1) is 0 Å². The zero-order valence-corrected chi connectivity index (χ0v) is 62.7. The van der Waals surface area contributed by atoms with E-state index in [-0.39, 0.29) is 45.2 Å². The monoisotopic (exact) mass is 1430 g/mol. The van der Waals surface area contributed by atoms with Crippen LogP contribution in [-0.4, -0.2) is 42.2 Å².